The molecule has 0 aliphatic heterocycles. The summed E-state index contributed by atoms with van der Waals surface area (Å²) in [6, 6.07) is 5.39. The summed E-state index contributed by atoms with van der Waals surface area (Å²) >= 11 is 0. The van der Waals surface area contributed by atoms with Gasteiger partial charge in [0.2, 0.25) is 5.92 Å². The maximum absolute atomic E-state index is 12.9. The quantitative estimate of drug-likeness (QED) is 0.860. The Morgan fingerprint density at radius 2 is 2.06 bits per heavy atom. The van der Waals surface area contributed by atoms with E-state index in [0.29, 0.717) is 24.2 Å². The Morgan fingerprint density at radius 3 is 2.59 bits per heavy atom. The molecule has 1 saturated carbocycles. The first-order valence-corrected chi connectivity index (χ1v) is 5.60. The zero-order valence-corrected chi connectivity index (χ0v) is 9.29. The molecule has 0 radical (unpaired) electrons. The van der Waals surface area contributed by atoms with Crippen molar-refractivity contribution >= 4 is 5.82 Å². The number of alkyl halides is 2. The summed E-state index contributed by atoms with van der Waals surface area (Å²) in [5.41, 5.74) is 0.491. The fourth-order valence-corrected chi connectivity index (χ4v) is 1.94. The highest BCUT2D eigenvalue weighted by molar-refractivity contribution is 5.39. The summed E-state index contributed by atoms with van der Waals surface area (Å²) in [5, 5.41) is 11.7. The number of pyridine rings is 1. The fraction of sp³-hybridized carbons (Fsp3) is 0.500. The number of aromatic nitrogens is 1. The summed E-state index contributed by atoms with van der Waals surface area (Å²) in [7, 11) is 0. The molecule has 17 heavy (non-hydrogen) atoms. The SMILES string of the molecule is N#Cc1ccc(NC2CCC(F)(F)CC2)nc1. The largest absolute Gasteiger partial charge is 0.367 e. The maximum atomic E-state index is 12.9. The van der Waals surface area contributed by atoms with Crippen molar-refractivity contribution in [2.75, 3.05) is 5.32 Å². The molecule has 0 aromatic carbocycles. The van der Waals surface area contributed by atoms with E-state index in [1.54, 1.807) is 12.1 Å². The van der Waals surface area contributed by atoms with Crippen LogP contribution in [0.1, 0.15) is 31.2 Å². The predicted molar refractivity (Wildman–Crippen MR) is 59.8 cm³/mol. The third kappa shape index (κ3) is 3.13. The lowest BCUT2D eigenvalue weighted by atomic mass is 9.92. The number of anilines is 1. The Hall–Kier alpha value is -1.70. The van der Waals surface area contributed by atoms with Crippen LogP contribution in [0.25, 0.3) is 0 Å². The molecule has 0 amide bonds. The van der Waals surface area contributed by atoms with Gasteiger partial charge in [0.15, 0.2) is 0 Å². The van der Waals surface area contributed by atoms with Crippen LogP contribution < -0.4 is 5.32 Å². The third-order valence-corrected chi connectivity index (χ3v) is 2.96. The van der Waals surface area contributed by atoms with Crippen LogP contribution >= 0.6 is 0 Å². The average Bonchev–Trinajstić information content (AvgIpc) is 2.33. The van der Waals surface area contributed by atoms with Gasteiger partial charge in [0, 0.05) is 25.1 Å². The van der Waals surface area contributed by atoms with Crippen LogP contribution in [0, 0.1) is 11.3 Å². The van der Waals surface area contributed by atoms with Crippen molar-refractivity contribution in [2.24, 2.45) is 0 Å². The second-order valence-corrected chi connectivity index (χ2v) is 4.32. The highest BCUT2D eigenvalue weighted by Crippen LogP contribution is 2.33. The van der Waals surface area contributed by atoms with E-state index in [2.05, 4.69) is 10.3 Å². The van der Waals surface area contributed by atoms with Gasteiger partial charge >= 0.3 is 0 Å². The maximum Gasteiger partial charge on any atom is 0.248 e. The second-order valence-electron chi connectivity index (χ2n) is 4.32. The third-order valence-electron chi connectivity index (χ3n) is 2.96. The van der Waals surface area contributed by atoms with Crippen LogP contribution in [-0.4, -0.2) is 16.9 Å². The highest BCUT2D eigenvalue weighted by atomic mass is 19.3. The molecule has 3 nitrogen and oxygen atoms in total. The van der Waals surface area contributed by atoms with Crippen molar-refractivity contribution in [3.8, 4) is 6.07 Å². The lowest BCUT2D eigenvalue weighted by molar-refractivity contribution is -0.0361. The molecule has 2 rings (SSSR count). The van der Waals surface area contributed by atoms with Gasteiger partial charge in [0.05, 0.1) is 5.56 Å². The van der Waals surface area contributed by atoms with Crippen LogP contribution in [-0.2, 0) is 0 Å². The van der Waals surface area contributed by atoms with Crippen LogP contribution in [0.4, 0.5) is 14.6 Å². The number of rotatable bonds is 2. The van der Waals surface area contributed by atoms with Crippen LogP contribution in [0.5, 0.6) is 0 Å². The van der Waals surface area contributed by atoms with Crippen molar-refractivity contribution in [3.05, 3.63) is 23.9 Å². The molecular formula is C12H13F2N3. The van der Waals surface area contributed by atoms with Crippen molar-refractivity contribution in [2.45, 2.75) is 37.6 Å². The van der Waals surface area contributed by atoms with E-state index in [0.717, 1.165) is 0 Å². The molecule has 1 aromatic heterocycles. The van der Waals surface area contributed by atoms with Crippen LogP contribution in [0.3, 0.4) is 0 Å². The normalized spacial score (nSPS) is 19.6. The van der Waals surface area contributed by atoms with E-state index >= 15 is 0 Å². The fourth-order valence-electron chi connectivity index (χ4n) is 1.94. The van der Waals surface area contributed by atoms with Gasteiger partial charge in [-0.05, 0) is 25.0 Å². The average molecular weight is 237 g/mol. The van der Waals surface area contributed by atoms with Gasteiger partial charge in [-0.25, -0.2) is 13.8 Å². The van der Waals surface area contributed by atoms with Gasteiger partial charge in [-0.3, -0.25) is 0 Å². The van der Waals surface area contributed by atoms with Crippen molar-refractivity contribution in [1.82, 2.24) is 4.98 Å². The van der Waals surface area contributed by atoms with Crippen molar-refractivity contribution in [1.29, 1.82) is 5.26 Å². The first kappa shape index (κ1) is 11.8. The van der Waals surface area contributed by atoms with E-state index in [-0.39, 0.29) is 18.9 Å². The summed E-state index contributed by atoms with van der Waals surface area (Å²) < 4.78 is 25.9. The molecule has 1 aliphatic rings. The Balaban J connectivity index is 1.91. The Kier molecular flexibility index (Phi) is 3.23. The molecule has 0 saturated heterocycles. The molecule has 0 unspecified atom stereocenters. The summed E-state index contributed by atoms with van der Waals surface area (Å²) in [6.45, 7) is 0. The minimum atomic E-state index is -2.50. The van der Waals surface area contributed by atoms with E-state index in [4.69, 9.17) is 5.26 Å². The van der Waals surface area contributed by atoms with E-state index in [9.17, 15) is 8.78 Å². The number of nitrogens with zero attached hydrogens (tertiary/aromatic N) is 2. The highest BCUT2D eigenvalue weighted by Gasteiger charge is 2.34. The smallest absolute Gasteiger partial charge is 0.248 e. The topological polar surface area (TPSA) is 48.7 Å². The molecule has 0 bridgehead atoms. The number of nitriles is 1. The molecule has 1 fully saturated rings. The number of hydrogen-bond acceptors (Lipinski definition) is 3. The standard InChI is InChI=1S/C12H13F2N3/c13-12(14)5-3-10(4-6-12)17-11-2-1-9(7-15)8-16-11/h1-2,8,10H,3-6H2,(H,16,17). The molecule has 1 aromatic rings. The van der Waals surface area contributed by atoms with Gasteiger partial charge in [-0.15, -0.1) is 0 Å². The van der Waals surface area contributed by atoms with Gasteiger partial charge in [-0.1, -0.05) is 0 Å². The molecule has 5 heteroatoms. The molecule has 1 heterocycles. The van der Waals surface area contributed by atoms with Crippen molar-refractivity contribution < 1.29 is 8.78 Å². The van der Waals surface area contributed by atoms with E-state index in [1.807, 2.05) is 6.07 Å². The van der Waals surface area contributed by atoms with Crippen LogP contribution in [0.15, 0.2) is 18.3 Å². The lowest BCUT2D eigenvalue weighted by Gasteiger charge is -2.29. The number of hydrogen-bond donors (Lipinski definition) is 1. The van der Waals surface area contributed by atoms with E-state index in [1.165, 1.54) is 6.20 Å². The lowest BCUT2D eigenvalue weighted by Crippen LogP contribution is -2.32. The second kappa shape index (κ2) is 4.66. The van der Waals surface area contributed by atoms with Gasteiger partial charge in [0.25, 0.3) is 0 Å². The van der Waals surface area contributed by atoms with Crippen molar-refractivity contribution in [3.63, 3.8) is 0 Å². The predicted octanol–water partition coefficient (Wildman–Crippen LogP) is 2.94. The Bertz CT molecular complexity index is 412. The zero-order valence-electron chi connectivity index (χ0n) is 9.29. The first-order valence-electron chi connectivity index (χ1n) is 5.60. The van der Waals surface area contributed by atoms with Crippen LogP contribution in [0.2, 0.25) is 0 Å². The Morgan fingerprint density at radius 1 is 1.35 bits per heavy atom. The number of halogens is 2. The molecule has 1 N–H and O–H groups in total. The first-order chi connectivity index (χ1) is 8.09. The van der Waals surface area contributed by atoms with Gasteiger partial charge in [-0.2, -0.15) is 5.26 Å². The molecule has 90 valence electrons. The summed E-state index contributed by atoms with van der Waals surface area (Å²) in [4.78, 5) is 4.06. The molecular weight excluding hydrogens is 224 g/mol. The molecule has 0 spiro atoms. The number of nitrogens with one attached hydrogen (secondary N) is 1. The monoisotopic (exact) mass is 237 g/mol. The van der Waals surface area contributed by atoms with Gasteiger partial charge < -0.3 is 5.32 Å². The minimum absolute atomic E-state index is 0.0510. The Labute approximate surface area is 98.5 Å². The molecule has 0 atom stereocenters. The summed E-state index contributed by atoms with van der Waals surface area (Å²) in [6.07, 6.45) is 2.24. The summed E-state index contributed by atoms with van der Waals surface area (Å²) in [5.74, 6) is -1.87. The van der Waals surface area contributed by atoms with Gasteiger partial charge in [0.1, 0.15) is 11.9 Å². The van der Waals surface area contributed by atoms with E-state index < -0.39 is 5.92 Å². The molecule has 1 aliphatic carbocycles. The minimum Gasteiger partial charge on any atom is -0.367 e. The zero-order chi connectivity index (χ0) is 12.3.